The number of piperazine rings is 1. The average Bonchev–Trinajstić information content (AvgIpc) is 3.29. The third kappa shape index (κ3) is 3.95. The molecular formula is C22H22FN3O3S. The molecule has 0 spiro atoms. The topological polar surface area (TPSA) is 54.9 Å². The molecule has 2 aromatic carbocycles. The Kier molecular flexibility index (Phi) is 5.85. The normalized spacial score (nSPS) is 14.0. The van der Waals surface area contributed by atoms with Gasteiger partial charge in [-0.15, -0.1) is 11.3 Å². The highest BCUT2D eigenvalue weighted by Crippen LogP contribution is 2.32. The van der Waals surface area contributed by atoms with Crippen molar-refractivity contribution in [3.63, 3.8) is 0 Å². The van der Waals surface area contributed by atoms with Gasteiger partial charge in [0.2, 0.25) is 0 Å². The standard InChI is InChI=1S/C22H22FN3O3S/c1-28-19-5-3-4-17(20(19)29-2)21(27)25-10-12-26(13-11-25)22-24-18(14-30-22)15-6-8-16(23)9-7-15/h3-9,14H,10-13H2,1-2H3. The summed E-state index contributed by atoms with van der Waals surface area (Å²) in [5, 5.41) is 2.88. The highest BCUT2D eigenvalue weighted by molar-refractivity contribution is 7.14. The van der Waals surface area contributed by atoms with E-state index in [-0.39, 0.29) is 11.7 Å². The summed E-state index contributed by atoms with van der Waals surface area (Å²) >= 11 is 1.55. The third-order valence-electron chi connectivity index (χ3n) is 5.10. The molecule has 0 radical (unpaired) electrons. The molecule has 6 nitrogen and oxygen atoms in total. The second kappa shape index (κ2) is 8.71. The molecule has 30 heavy (non-hydrogen) atoms. The van der Waals surface area contributed by atoms with Gasteiger partial charge in [-0.1, -0.05) is 6.07 Å². The first-order valence-corrected chi connectivity index (χ1v) is 10.5. The Hall–Kier alpha value is -3.13. The molecule has 1 aromatic heterocycles. The molecule has 0 unspecified atom stereocenters. The lowest BCUT2D eigenvalue weighted by molar-refractivity contribution is 0.0742. The molecule has 3 aromatic rings. The number of ether oxygens (including phenoxy) is 2. The minimum Gasteiger partial charge on any atom is -0.493 e. The maximum Gasteiger partial charge on any atom is 0.257 e. The van der Waals surface area contributed by atoms with E-state index in [0.29, 0.717) is 43.2 Å². The Morgan fingerprint density at radius 1 is 1.03 bits per heavy atom. The fraction of sp³-hybridized carbons (Fsp3) is 0.273. The average molecular weight is 428 g/mol. The maximum atomic E-state index is 13.1. The summed E-state index contributed by atoms with van der Waals surface area (Å²) in [6.45, 7) is 2.55. The minimum absolute atomic E-state index is 0.0726. The Labute approximate surface area is 178 Å². The van der Waals surface area contributed by atoms with Crippen LogP contribution < -0.4 is 14.4 Å². The zero-order chi connectivity index (χ0) is 21.1. The molecule has 0 N–H and O–H groups in total. The lowest BCUT2D eigenvalue weighted by atomic mass is 10.1. The number of hydrogen-bond acceptors (Lipinski definition) is 6. The van der Waals surface area contributed by atoms with Crippen molar-refractivity contribution < 1.29 is 18.7 Å². The zero-order valence-electron chi connectivity index (χ0n) is 16.8. The number of halogens is 1. The van der Waals surface area contributed by atoms with Crippen LogP contribution in [-0.2, 0) is 0 Å². The number of anilines is 1. The predicted octanol–water partition coefficient (Wildman–Crippen LogP) is 3.93. The summed E-state index contributed by atoms with van der Waals surface area (Å²) in [6, 6.07) is 11.6. The van der Waals surface area contributed by atoms with Crippen molar-refractivity contribution in [3.8, 4) is 22.8 Å². The van der Waals surface area contributed by atoms with Crippen molar-refractivity contribution in [1.82, 2.24) is 9.88 Å². The van der Waals surface area contributed by atoms with Gasteiger partial charge >= 0.3 is 0 Å². The van der Waals surface area contributed by atoms with Crippen molar-refractivity contribution in [3.05, 3.63) is 59.2 Å². The highest BCUT2D eigenvalue weighted by Gasteiger charge is 2.26. The fourth-order valence-electron chi connectivity index (χ4n) is 3.49. The molecule has 0 aliphatic carbocycles. The first-order valence-electron chi connectivity index (χ1n) is 9.57. The SMILES string of the molecule is COc1cccc(C(=O)N2CCN(c3nc(-c4ccc(F)cc4)cs3)CC2)c1OC. The number of methoxy groups -OCH3 is 2. The van der Waals surface area contributed by atoms with Gasteiger partial charge < -0.3 is 19.3 Å². The third-order valence-corrected chi connectivity index (χ3v) is 6.00. The smallest absolute Gasteiger partial charge is 0.257 e. The summed E-state index contributed by atoms with van der Waals surface area (Å²) in [6.07, 6.45) is 0. The molecular weight excluding hydrogens is 405 g/mol. The molecule has 0 bridgehead atoms. The van der Waals surface area contributed by atoms with E-state index in [1.165, 1.54) is 19.2 Å². The lowest BCUT2D eigenvalue weighted by Gasteiger charge is -2.34. The molecule has 156 valence electrons. The molecule has 2 heterocycles. The molecule has 1 saturated heterocycles. The van der Waals surface area contributed by atoms with Crippen LogP contribution in [0.2, 0.25) is 0 Å². The lowest BCUT2D eigenvalue weighted by Crippen LogP contribution is -2.48. The summed E-state index contributed by atoms with van der Waals surface area (Å²) < 4.78 is 23.9. The van der Waals surface area contributed by atoms with Crippen molar-refractivity contribution >= 4 is 22.4 Å². The first kappa shape index (κ1) is 20.2. The van der Waals surface area contributed by atoms with E-state index in [4.69, 9.17) is 14.5 Å². The van der Waals surface area contributed by atoms with Crippen molar-refractivity contribution in [2.45, 2.75) is 0 Å². The minimum atomic E-state index is -0.261. The quantitative estimate of drug-likeness (QED) is 0.618. The van der Waals surface area contributed by atoms with E-state index in [1.807, 2.05) is 10.3 Å². The molecule has 1 amide bonds. The van der Waals surface area contributed by atoms with Crippen LogP contribution in [0, 0.1) is 5.82 Å². The summed E-state index contributed by atoms with van der Waals surface area (Å²) in [5.41, 5.74) is 2.21. The van der Waals surface area contributed by atoms with Crippen molar-refractivity contribution in [1.29, 1.82) is 0 Å². The number of para-hydroxylation sites is 1. The zero-order valence-corrected chi connectivity index (χ0v) is 17.6. The highest BCUT2D eigenvalue weighted by atomic mass is 32.1. The van der Waals surface area contributed by atoms with Gasteiger partial charge in [-0.25, -0.2) is 9.37 Å². The van der Waals surface area contributed by atoms with Crippen LogP contribution in [0.4, 0.5) is 9.52 Å². The van der Waals surface area contributed by atoms with E-state index in [0.717, 1.165) is 16.4 Å². The van der Waals surface area contributed by atoms with Crippen molar-refractivity contribution in [2.75, 3.05) is 45.3 Å². The number of nitrogens with zero attached hydrogens (tertiary/aromatic N) is 3. The van der Waals surface area contributed by atoms with Gasteiger partial charge in [-0.2, -0.15) is 0 Å². The first-order chi connectivity index (χ1) is 14.6. The van der Waals surface area contributed by atoms with Crippen LogP contribution >= 0.6 is 11.3 Å². The summed E-state index contributed by atoms with van der Waals surface area (Å²) in [5.74, 6) is 0.661. The molecule has 0 saturated carbocycles. The van der Waals surface area contributed by atoms with E-state index in [9.17, 15) is 9.18 Å². The predicted molar refractivity (Wildman–Crippen MR) is 115 cm³/mol. The van der Waals surface area contributed by atoms with E-state index >= 15 is 0 Å². The van der Waals surface area contributed by atoms with Gasteiger partial charge in [0, 0.05) is 37.1 Å². The molecule has 1 fully saturated rings. The van der Waals surface area contributed by atoms with E-state index in [2.05, 4.69) is 4.90 Å². The number of hydrogen-bond donors (Lipinski definition) is 0. The Balaban J connectivity index is 1.43. The Bertz CT molecular complexity index is 1030. The van der Waals surface area contributed by atoms with Crippen LogP contribution in [0.1, 0.15) is 10.4 Å². The largest absolute Gasteiger partial charge is 0.493 e. The Morgan fingerprint density at radius 3 is 2.43 bits per heavy atom. The van der Waals surface area contributed by atoms with Gasteiger partial charge in [0.05, 0.1) is 25.5 Å². The van der Waals surface area contributed by atoms with Crippen molar-refractivity contribution in [2.24, 2.45) is 0 Å². The van der Waals surface area contributed by atoms with Gasteiger partial charge in [0.25, 0.3) is 5.91 Å². The van der Waals surface area contributed by atoms with Crippen LogP contribution in [0.3, 0.4) is 0 Å². The number of carbonyl (C=O) groups is 1. The fourth-order valence-corrected chi connectivity index (χ4v) is 4.38. The van der Waals surface area contributed by atoms with E-state index < -0.39 is 0 Å². The molecule has 0 atom stereocenters. The van der Waals surface area contributed by atoms with Crippen LogP contribution in [-0.4, -0.2) is 56.2 Å². The maximum absolute atomic E-state index is 13.1. The molecule has 4 rings (SSSR count). The van der Waals surface area contributed by atoms with Crippen LogP contribution in [0.25, 0.3) is 11.3 Å². The van der Waals surface area contributed by atoms with Crippen LogP contribution in [0.15, 0.2) is 47.8 Å². The van der Waals surface area contributed by atoms with Crippen LogP contribution in [0.5, 0.6) is 11.5 Å². The number of carbonyl (C=O) groups excluding carboxylic acids is 1. The summed E-state index contributed by atoms with van der Waals surface area (Å²) in [4.78, 5) is 21.7. The number of aromatic nitrogens is 1. The van der Waals surface area contributed by atoms with Gasteiger partial charge in [-0.05, 0) is 36.4 Å². The number of amides is 1. The Morgan fingerprint density at radius 2 is 1.77 bits per heavy atom. The summed E-state index contributed by atoms with van der Waals surface area (Å²) in [7, 11) is 3.09. The number of rotatable bonds is 5. The second-order valence-corrected chi connectivity index (χ2v) is 7.68. The van der Waals surface area contributed by atoms with Gasteiger partial charge in [0.15, 0.2) is 16.6 Å². The molecule has 1 aliphatic heterocycles. The molecule has 8 heteroatoms. The number of benzene rings is 2. The van der Waals surface area contributed by atoms with Gasteiger partial charge in [-0.3, -0.25) is 4.79 Å². The van der Waals surface area contributed by atoms with E-state index in [1.54, 1.807) is 48.8 Å². The van der Waals surface area contributed by atoms with Gasteiger partial charge in [0.1, 0.15) is 5.82 Å². The second-order valence-electron chi connectivity index (χ2n) is 6.84. The monoisotopic (exact) mass is 427 g/mol. The number of thiazole rings is 1. The molecule has 1 aliphatic rings.